The van der Waals surface area contributed by atoms with Crippen LogP contribution in [0.4, 0.5) is 0 Å². The van der Waals surface area contributed by atoms with Crippen molar-refractivity contribution in [2.75, 3.05) is 6.61 Å². The quantitative estimate of drug-likeness (QED) is 0.759. The predicted molar refractivity (Wildman–Crippen MR) is 58.1 cm³/mol. The molecule has 80 valence electrons. The third-order valence-corrected chi connectivity index (χ3v) is 2.23. The fourth-order valence-corrected chi connectivity index (χ4v) is 1.41. The van der Waals surface area contributed by atoms with Crippen LogP contribution in [0.25, 0.3) is 0 Å². The lowest BCUT2D eigenvalue weighted by molar-refractivity contribution is -0.125. The lowest BCUT2D eigenvalue weighted by Crippen LogP contribution is -2.32. The zero-order valence-electron chi connectivity index (χ0n) is 8.50. The highest BCUT2D eigenvalue weighted by Gasteiger charge is 2.12. The molecule has 15 heavy (non-hydrogen) atoms. The number of hydrogen-bond donors (Lipinski definition) is 1. The minimum Gasteiger partial charge on any atom is -0.347 e. The molecule has 0 radical (unpaired) electrons. The number of hydrogen-bond acceptors (Lipinski definition) is 3. The molecular weight excluding hydrogens is 190 g/mol. The van der Waals surface area contributed by atoms with Crippen molar-refractivity contribution in [3.63, 3.8) is 0 Å². The van der Waals surface area contributed by atoms with E-state index in [1.807, 2.05) is 42.5 Å². The Bertz CT molecular complexity index is 324. The van der Waals surface area contributed by atoms with Gasteiger partial charge in [-0.15, -0.1) is 0 Å². The van der Waals surface area contributed by atoms with Gasteiger partial charge in [-0.1, -0.05) is 36.4 Å². The Morgan fingerprint density at radius 3 is 2.73 bits per heavy atom. The van der Waals surface area contributed by atoms with Gasteiger partial charge in [-0.3, -0.25) is 0 Å². The van der Waals surface area contributed by atoms with E-state index in [0.29, 0.717) is 13.2 Å². The van der Waals surface area contributed by atoms with Crippen LogP contribution in [-0.4, -0.2) is 18.9 Å². The summed E-state index contributed by atoms with van der Waals surface area (Å²) in [5, 5.41) is 0. The summed E-state index contributed by atoms with van der Waals surface area (Å²) in [6.45, 7) is 1.08. The van der Waals surface area contributed by atoms with Crippen LogP contribution >= 0.6 is 0 Å². The molecule has 1 aliphatic rings. The standard InChI is InChI=1S/C12H15NO2/c13-11-6-7-12(15-9-11)14-8-10-4-2-1-3-5-10/h1-7,11-12H,8-9,13H2/t11-,12+/m0/s1. The van der Waals surface area contributed by atoms with Gasteiger partial charge in [0, 0.05) is 6.04 Å². The maximum atomic E-state index is 5.64. The highest BCUT2D eigenvalue weighted by atomic mass is 16.7. The van der Waals surface area contributed by atoms with Gasteiger partial charge < -0.3 is 15.2 Å². The van der Waals surface area contributed by atoms with Gasteiger partial charge in [0.25, 0.3) is 0 Å². The minimum absolute atomic E-state index is 0.00146. The van der Waals surface area contributed by atoms with Crippen LogP contribution in [0.3, 0.4) is 0 Å². The number of ether oxygens (including phenoxy) is 2. The summed E-state index contributed by atoms with van der Waals surface area (Å²) < 4.78 is 10.9. The van der Waals surface area contributed by atoms with Crippen LogP contribution in [0.5, 0.6) is 0 Å². The molecular formula is C12H15NO2. The van der Waals surface area contributed by atoms with Gasteiger partial charge in [-0.25, -0.2) is 0 Å². The smallest absolute Gasteiger partial charge is 0.177 e. The lowest BCUT2D eigenvalue weighted by Gasteiger charge is -2.21. The first kappa shape index (κ1) is 10.4. The van der Waals surface area contributed by atoms with Crippen molar-refractivity contribution in [3.8, 4) is 0 Å². The monoisotopic (exact) mass is 205 g/mol. The highest BCUT2D eigenvalue weighted by molar-refractivity contribution is 5.13. The van der Waals surface area contributed by atoms with Crippen molar-refractivity contribution >= 4 is 0 Å². The van der Waals surface area contributed by atoms with Crippen LogP contribution in [0, 0.1) is 0 Å². The molecule has 0 saturated carbocycles. The first-order chi connectivity index (χ1) is 7.34. The third kappa shape index (κ3) is 3.16. The molecule has 0 fully saturated rings. The molecule has 2 N–H and O–H groups in total. The van der Waals surface area contributed by atoms with E-state index in [-0.39, 0.29) is 12.3 Å². The van der Waals surface area contributed by atoms with Crippen molar-refractivity contribution in [3.05, 3.63) is 48.0 Å². The summed E-state index contributed by atoms with van der Waals surface area (Å²) in [6, 6.07) is 10.0. The average molecular weight is 205 g/mol. The zero-order valence-corrected chi connectivity index (χ0v) is 8.50. The fraction of sp³-hybridized carbons (Fsp3) is 0.333. The van der Waals surface area contributed by atoms with Gasteiger partial charge in [0.2, 0.25) is 0 Å². The van der Waals surface area contributed by atoms with Gasteiger partial charge in [0.1, 0.15) is 0 Å². The van der Waals surface area contributed by atoms with Gasteiger partial charge in [-0.2, -0.15) is 0 Å². The maximum Gasteiger partial charge on any atom is 0.177 e. The van der Waals surface area contributed by atoms with E-state index in [1.165, 1.54) is 0 Å². The van der Waals surface area contributed by atoms with E-state index in [9.17, 15) is 0 Å². The number of rotatable bonds is 3. The van der Waals surface area contributed by atoms with E-state index in [1.54, 1.807) is 0 Å². The van der Waals surface area contributed by atoms with Crippen LogP contribution in [0.1, 0.15) is 5.56 Å². The molecule has 0 bridgehead atoms. The van der Waals surface area contributed by atoms with Gasteiger partial charge in [-0.05, 0) is 11.6 Å². The maximum absolute atomic E-state index is 5.64. The largest absolute Gasteiger partial charge is 0.347 e. The van der Waals surface area contributed by atoms with Gasteiger partial charge in [0.05, 0.1) is 13.2 Å². The Morgan fingerprint density at radius 1 is 1.27 bits per heavy atom. The summed E-state index contributed by atoms with van der Waals surface area (Å²) in [5.41, 5.74) is 6.78. The van der Waals surface area contributed by atoms with E-state index in [4.69, 9.17) is 15.2 Å². The lowest BCUT2D eigenvalue weighted by atomic mass is 10.2. The molecule has 0 unspecified atom stereocenters. The molecule has 0 amide bonds. The van der Waals surface area contributed by atoms with E-state index < -0.39 is 0 Å². The fourth-order valence-electron chi connectivity index (χ4n) is 1.41. The van der Waals surface area contributed by atoms with Gasteiger partial charge in [0.15, 0.2) is 6.29 Å². The van der Waals surface area contributed by atoms with Crippen LogP contribution in [0.15, 0.2) is 42.5 Å². The minimum atomic E-state index is -0.259. The van der Waals surface area contributed by atoms with E-state index in [2.05, 4.69) is 0 Å². The predicted octanol–water partition coefficient (Wildman–Crippen LogP) is 1.44. The summed E-state index contributed by atoms with van der Waals surface area (Å²) in [4.78, 5) is 0. The molecule has 0 aliphatic carbocycles. The Morgan fingerprint density at radius 2 is 2.07 bits per heavy atom. The van der Waals surface area contributed by atoms with Crippen LogP contribution in [0.2, 0.25) is 0 Å². The molecule has 1 aromatic carbocycles. The van der Waals surface area contributed by atoms with E-state index in [0.717, 1.165) is 5.56 Å². The molecule has 1 heterocycles. The normalized spacial score (nSPS) is 25.4. The van der Waals surface area contributed by atoms with Crippen molar-refractivity contribution in [2.45, 2.75) is 18.9 Å². The molecule has 3 heteroatoms. The second-order valence-corrected chi connectivity index (χ2v) is 3.55. The molecule has 0 aromatic heterocycles. The van der Waals surface area contributed by atoms with Crippen molar-refractivity contribution in [1.82, 2.24) is 0 Å². The molecule has 1 aromatic rings. The summed E-state index contributed by atoms with van der Waals surface area (Å²) in [6.07, 6.45) is 3.51. The summed E-state index contributed by atoms with van der Waals surface area (Å²) >= 11 is 0. The highest BCUT2D eigenvalue weighted by Crippen LogP contribution is 2.09. The summed E-state index contributed by atoms with van der Waals surface area (Å²) in [7, 11) is 0. The van der Waals surface area contributed by atoms with Gasteiger partial charge >= 0.3 is 0 Å². The first-order valence-electron chi connectivity index (χ1n) is 5.05. The average Bonchev–Trinajstić information content (AvgIpc) is 2.30. The first-order valence-corrected chi connectivity index (χ1v) is 5.05. The molecule has 2 atom stereocenters. The summed E-state index contributed by atoms with van der Waals surface area (Å²) in [5.74, 6) is 0. The molecule has 0 spiro atoms. The second kappa shape index (κ2) is 5.07. The third-order valence-electron chi connectivity index (χ3n) is 2.23. The molecule has 2 rings (SSSR count). The second-order valence-electron chi connectivity index (χ2n) is 3.55. The Kier molecular flexibility index (Phi) is 3.50. The van der Waals surface area contributed by atoms with E-state index >= 15 is 0 Å². The van der Waals surface area contributed by atoms with Crippen molar-refractivity contribution in [2.24, 2.45) is 5.73 Å². The van der Waals surface area contributed by atoms with Crippen LogP contribution in [-0.2, 0) is 16.1 Å². The SMILES string of the molecule is N[C@H]1C=C[C@H](OCc2ccccc2)OC1. The Balaban J connectivity index is 1.82. The molecule has 3 nitrogen and oxygen atoms in total. The Labute approximate surface area is 89.5 Å². The van der Waals surface area contributed by atoms with Crippen molar-refractivity contribution < 1.29 is 9.47 Å². The molecule has 1 aliphatic heterocycles. The van der Waals surface area contributed by atoms with Crippen molar-refractivity contribution in [1.29, 1.82) is 0 Å². The molecule has 0 saturated heterocycles. The Hall–Kier alpha value is -1.16. The number of nitrogens with two attached hydrogens (primary N) is 1. The zero-order chi connectivity index (χ0) is 10.5. The van der Waals surface area contributed by atoms with Crippen LogP contribution < -0.4 is 5.73 Å². The number of benzene rings is 1. The topological polar surface area (TPSA) is 44.5 Å².